The van der Waals surface area contributed by atoms with Crippen molar-refractivity contribution in [3.05, 3.63) is 68.0 Å². The first kappa shape index (κ1) is 14.3. The summed E-state index contributed by atoms with van der Waals surface area (Å²) < 4.78 is 2.78. The Labute approximate surface area is 118 Å². The molecule has 0 aliphatic carbocycles. The van der Waals surface area contributed by atoms with E-state index in [0.717, 1.165) is 12.8 Å². The van der Waals surface area contributed by atoms with Gasteiger partial charge >= 0.3 is 5.69 Å². The smallest absolute Gasteiger partial charge is 0.303 e. The average molecular weight is 272 g/mol. The Morgan fingerprint density at radius 1 is 1.05 bits per heavy atom. The molecule has 0 N–H and O–H groups in total. The Morgan fingerprint density at radius 2 is 1.70 bits per heavy atom. The van der Waals surface area contributed by atoms with Crippen LogP contribution in [0.1, 0.15) is 23.1 Å². The van der Waals surface area contributed by atoms with E-state index in [-0.39, 0.29) is 11.2 Å². The molecular formula is C16H20N2O2. The van der Waals surface area contributed by atoms with Gasteiger partial charge in [-0.05, 0) is 32.3 Å². The minimum absolute atomic E-state index is 0.183. The third-order valence-electron chi connectivity index (χ3n) is 3.47. The molecule has 4 nitrogen and oxygen atoms in total. The molecule has 0 saturated carbocycles. The van der Waals surface area contributed by atoms with E-state index < -0.39 is 0 Å². The van der Waals surface area contributed by atoms with E-state index in [2.05, 4.69) is 31.2 Å². The van der Waals surface area contributed by atoms with Crippen LogP contribution in [0.5, 0.6) is 0 Å². The highest BCUT2D eigenvalue weighted by Crippen LogP contribution is 2.06. The van der Waals surface area contributed by atoms with Gasteiger partial charge < -0.3 is 4.57 Å². The van der Waals surface area contributed by atoms with Crippen molar-refractivity contribution < 1.29 is 0 Å². The zero-order valence-corrected chi connectivity index (χ0v) is 12.2. The van der Waals surface area contributed by atoms with Crippen molar-refractivity contribution in [3.63, 3.8) is 0 Å². The van der Waals surface area contributed by atoms with Crippen molar-refractivity contribution >= 4 is 0 Å². The SMILES string of the molecule is Cc1ccc(CCCn2c(=O)c(C)cn(C)c2=O)cc1. The molecule has 2 rings (SSSR count). The monoisotopic (exact) mass is 272 g/mol. The number of aryl methyl sites for hydroxylation is 4. The molecule has 0 aliphatic rings. The largest absolute Gasteiger partial charge is 0.330 e. The molecule has 0 amide bonds. The summed E-state index contributed by atoms with van der Waals surface area (Å²) in [5.41, 5.74) is 2.63. The van der Waals surface area contributed by atoms with Crippen molar-refractivity contribution in [1.29, 1.82) is 0 Å². The summed E-state index contributed by atoms with van der Waals surface area (Å²) in [5.74, 6) is 0. The van der Waals surface area contributed by atoms with Gasteiger partial charge in [-0.2, -0.15) is 0 Å². The second-order valence-electron chi connectivity index (χ2n) is 5.25. The van der Waals surface area contributed by atoms with E-state index in [1.54, 1.807) is 20.2 Å². The van der Waals surface area contributed by atoms with Crippen LogP contribution in [0.3, 0.4) is 0 Å². The molecule has 0 radical (unpaired) electrons. The summed E-state index contributed by atoms with van der Waals surface area (Å²) in [6.45, 7) is 4.25. The standard InChI is InChI=1S/C16H20N2O2/c1-12-6-8-14(9-7-12)5-4-10-18-15(19)13(2)11-17(3)16(18)20/h6-9,11H,4-5,10H2,1-3H3. The first-order valence-corrected chi connectivity index (χ1v) is 6.81. The lowest BCUT2D eigenvalue weighted by atomic mass is 10.1. The molecule has 106 valence electrons. The van der Waals surface area contributed by atoms with Crippen LogP contribution in [-0.4, -0.2) is 9.13 Å². The summed E-state index contributed by atoms with van der Waals surface area (Å²) >= 11 is 0. The molecule has 0 spiro atoms. The fourth-order valence-electron chi connectivity index (χ4n) is 2.28. The van der Waals surface area contributed by atoms with Crippen LogP contribution < -0.4 is 11.2 Å². The maximum absolute atomic E-state index is 12.0. The lowest BCUT2D eigenvalue weighted by Gasteiger charge is -2.08. The first-order chi connectivity index (χ1) is 9.49. The van der Waals surface area contributed by atoms with Crippen LogP contribution in [0, 0.1) is 13.8 Å². The van der Waals surface area contributed by atoms with Gasteiger partial charge in [-0.15, -0.1) is 0 Å². The Balaban J connectivity index is 2.10. The van der Waals surface area contributed by atoms with Gasteiger partial charge in [0.15, 0.2) is 0 Å². The lowest BCUT2D eigenvalue weighted by molar-refractivity contribution is 0.558. The molecular weight excluding hydrogens is 252 g/mol. The van der Waals surface area contributed by atoms with Gasteiger partial charge in [-0.25, -0.2) is 4.79 Å². The third-order valence-corrected chi connectivity index (χ3v) is 3.47. The van der Waals surface area contributed by atoms with Gasteiger partial charge in [0, 0.05) is 25.4 Å². The van der Waals surface area contributed by atoms with E-state index in [4.69, 9.17) is 0 Å². The van der Waals surface area contributed by atoms with Gasteiger partial charge in [-0.1, -0.05) is 29.8 Å². The van der Waals surface area contributed by atoms with Gasteiger partial charge in [0.2, 0.25) is 0 Å². The molecule has 0 aliphatic heterocycles. The van der Waals surface area contributed by atoms with Crippen LogP contribution in [-0.2, 0) is 20.0 Å². The van der Waals surface area contributed by atoms with Gasteiger partial charge in [-0.3, -0.25) is 9.36 Å². The van der Waals surface area contributed by atoms with Crippen LogP contribution in [0.15, 0.2) is 40.1 Å². The Morgan fingerprint density at radius 3 is 2.35 bits per heavy atom. The second kappa shape index (κ2) is 5.90. The predicted octanol–water partition coefficient (Wildman–Crippen LogP) is 1.80. The lowest BCUT2D eigenvalue weighted by Crippen LogP contribution is -2.39. The van der Waals surface area contributed by atoms with E-state index in [9.17, 15) is 9.59 Å². The molecule has 0 bridgehead atoms. The molecule has 20 heavy (non-hydrogen) atoms. The number of benzene rings is 1. The minimum Gasteiger partial charge on any atom is -0.303 e. The van der Waals surface area contributed by atoms with Gasteiger partial charge in [0.05, 0.1) is 0 Å². The predicted molar refractivity (Wildman–Crippen MR) is 80.2 cm³/mol. The summed E-state index contributed by atoms with van der Waals surface area (Å²) in [7, 11) is 1.67. The van der Waals surface area contributed by atoms with Crippen LogP contribution in [0.2, 0.25) is 0 Å². The maximum Gasteiger partial charge on any atom is 0.330 e. The normalized spacial score (nSPS) is 10.8. The number of hydrogen-bond acceptors (Lipinski definition) is 2. The molecule has 2 aromatic rings. The molecule has 1 aromatic carbocycles. The number of aromatic nitrogens is 2. The number of nitrogens with zero attached hydrogens (tertiary/aromatic N) is 2. The molecule has 1 aromatic heterocycles. The highest BCUT2D eigenvalue weighted by Gasteiger charge is 2.06. The third kappa shape index (κ3) is 3.07. The Kier molecular flexibility index (Phi) is 4.23. The van der Waals surface area contributed by atoms with Crippen molar-refractivity contribution in [1.82, 2.24) is 9.13 Å². The zero-order chi connectivity index (χ0) is 14.7. The highest BCUT2D eigenvalue weighted by molar-refractivity contribution is 5.21. The number of rotatable bonds is 4. The van der Waals surface area contributed by atoms with E-state index in [1.807, 2.05) is 0 Å². The summed E-state index contributed by atoms with van der Waals surface area (Å²) in [4.78, 5) is 23.9. The fourth-order valence-corrected chi connectivity index (χ4v) is 2.28. The Bertz CT molecular complexity index is 674. The average Bonchev–Trinajstić information content (AvgIpc) is 2.42. The molecule has 1 heterocycles. The topological polar surface area (TPSA) is 44.0 Å². The van der Waals surface area contributed by atoms with Crippen molar-refractivity contribution in [2.45, 2.75) is 33.2 Å². The first-order valence-electron chi connectivity index (χ1n) is 6.81. The van der Waals surface area contributed by atoms with E-state index in [1.165, 1.54) is 20.3 Å². The van der Waals surface area contributed by atoms with Crippen molar-refractivity contribution in [3.8, 4) is 0 Å². The van der Waals surface area contributed by atoms with E-state index in [0.29, 0.717) is 12.1 Å². The minimum atomic E-state index is -0.246. The molecule has 0 atom stereocenters. The van der Waals surface area contributed by atoms with Gasteiger partial charge in [0.25, 0.3) is 5.56 Å². The second-order valence-corrected chi connectivity index (χ2v) is 5.25. The summed E-state index contributed by atoms with van der Waals surface area (Å²) in [5, 5.41) is 0. The highest BCUT2D eigenvalue weighted by atomic mass is 16.2. The van der Waals surface area contributed by atoms with Gasteiger partial charge in [0.1, 0.15) is 0 Å². The Hall–Kier alpha value is -2.10. The fraction of sp³-hybridized carbons (Fsp3) is 0.375. The molecule has 4 heteroatoms. The van der Waals surface area contributed by atoms with Crippen molar-refractivity contribution in [2.24, 2.45) is 7.05 Å². The maximum atomic E-state index is 12.0. The molecule has 0 saturated heterocycles. The number of hydrogen-bond donors (Lipinski definition) is 0. The quantitative estimate of drug-likeness (QED) is 0.852. The summed E-state index contributed by atoms with van der Waals surface area (Å²) in [6, 6.07) is 8.33. The molecule has 0 unspecified atom stereocenters. The van der Waals surface area contributed by atoms with Crippen molar-refractivity contribution in [2.75, 3.05) is 0 Å². The zero-order valence-electron chi connectivity index (χ0n) is 12.2. The van der Waals surface area contributed by atoms with Crippen LogP contribution in [0.4, 0.5) is 0 Å². The van der Waals surface area contributed by atoms with E-state index >= 15 is 0 Å². The van der Waals surface area contributed by atoms with Crippen LogP contribution >= 0.6 is 0 Å². The molecule has 0 fully saturated rings. The van der Waals surface area contributed by atoms with Crippen LogP contribution in [0.25, 0.3) is 0 Å². The summed E-state index contributed by atoms with van der Waals surface area (Å²) in [6.07, 6.45) is 3.23.